The zero-order valence-corrected chi connectivity index (χ0v) is 10.5. The van der Waals surface area contributed by atoms with Crippen LogP contribution in [0.1, 0.15) is 5.56 Å². The summed E-state index contributed by atoms with van der Waals surface area (Å²) in [5.74, 6) is -0.511. The van der Waals surface area contributed by atoms with Crippen LogP contribution in [0.5, 0.6) is 0 Å². The lowest BCUT2D eigenvalue weighted by atomic mass is 10.1. The summed E-state index contributed by atoms with van der Waals surface area (Å²) < 4.78 is 5.01. The molecule has 0 N–H and O–H groups in total. The van der Waals surface area contributed by atoms with E-state index in [0.29, 0.717) is 10.0 Å². The Bertz CT molecular complexity index is 449. The van der Waals surface area contributed by atoms with Crippen molar-refractivity contribution in [2.24, 2.45) is 0 Å². The van der Waals surface area contributed by atoms with E-state index in [2.05, 4.69) is 20.7 Å². The molecule has 1 aromatic rings. The molecule has 0 aliphatic heterocycles. The average molecular weight is 309 g/mol. The zero-order valence-electron chi connectivity index (χ0n) is 8.20. The summed E-state index contributed by atoms with van der Waals surface area (Å²) in [6.07, 6.45) is -0.113. The molecule has 0 bridgehead atoms. The molecular weight excluding hydrogens is 301 g/mol. The third-order valence-corrected chi connectivity index (χ3v) is 3.08. The number of hydrogen-bond donors (Lipinski definition) is 0. The maximum atomic E-state index is 11.1. The Morgan fingerprint density at radius 3 is 2.75 bits per heavy atom. The van der Waals surface area contributed by atoms with Crippen LogP contribution in [0.4, 0.5) is 5.69 Å². The number of carbonyl (C=O) groups is 1. The number of halogens is 2. The summed E-state index contributed by atoms with van der Waals surface area (Å²) in [6.45, 7) is 0. The van der Waals surface area contributed by atoms with Gasteiger partial charge in [-0.15, -0.1) is 0 Å². The maximum absolute atomic E-state index is 11.1. The topological polar surface area (TPSA) is 69.4 Å². The van der Waals surface area contributed by atoms with Gasteiger partial charge in [-0.25, -0.2) is 0 Å². The van der Waals surface area contributed by atoms with E-state index in [-0.39, 0.29) is 17.1 Å². The Morgan fingerprint density at radius 2 is 2.25 bits per heavy atom. The standard InChI is InChI=1S/C9H7BrClNO4/c1-16-8(13)4-5-6(10)2-3-7(9(5)11)12(14)15/h2-3H,4H2,1H3. The molecule has 0 atom stereocenters. The van der Waals surface area contributed by atoms with Crippen LogP contribution in [0.2, 0.25) is 5.02 Å². The number of esters is 1. The second-order valence-corrected chi connectivity index (χ2v) is 4.10. The third kappa shape index (κ3) is 2.70. The summed E-state index contributed by atoms with van der Waals surface area (Å²) in [5.41, 5.74) is 0.117. The predicted molar refractivity (Wildman–Crippen MR) is 61.5 cm³/mol. The lowest BCUT2D eigenvalue weighted by Gasteiger charge is -2.06. The monoisotopic (exact) mass is 307 g/mol. The van der Waals surface area contributed by atoms with Gasteiger partial charge < -0.3 is 4.74 Å². The number of benzene rings is 1. The van der Waals surface area contributed by atoms with E-state index < -0.39 is 10.9 Å². The van der Waals surface area contributed by atoms with E-state index in [9.17, 15) is 14.9 Å². The minimum absolute atomic E-state index is 0.0511. The molecule has 0 amide bonds. The Kier molecular flexibility index (Phi) is 4.26. The van der Waals surface area contributed by atoms with Crippen molar-refractivity contribution >= 4 is 39.2 Å². The molecule has 0 radical (unpaired) electrons. The average Bonchev–Trinajstić information content (AvgIpc) is 2.23. The van der Waals surface area contributed by atoms with Gasteiger partial charge in [0.25, 0.3) is 5.69 Å². The zero-order chi connectivity index (χ0) is 12.3. The fraction of sp³-hybridized carbons (Fsp3) is 0.222. The molecule has 1 rings (SSSR count). The third-order valence-electron chi connectivity index (χ3n) is 1.91. The van der Waals surface area contributed by atoms with Crippen LogP contribution in [0.3, 0.4) is 0 Å². The number of nitro benzene ring substituents is 1. The Hall–Kier alpha value is -1.14. The van der Waals surface area contributed by atoms with Crippen molar-refractivity contribution in [2.75, 3.05) is 7.11 Å². The molecule has 0 aliphatic carbocycles. The van der Waals surface area contributed by atoms with Crippen molar-refractivity contribution in [3.63, 3.8) is 0 Å². The smallest absolute Gasteiger partial charge is 0.310 e. The number of hydrogen-bond acceptors (Lipinski definition) is 4. The Morgan fingerprint density at radius 1 is 1.62 bits per heavy atom. The highest BCUT2D eigenvalue weighted by molar-refractivity contribution is 9.10. The molecule has 0 saturated heterocycles. The first-order chi connectivity index (χ1) is 7.47. The quantitative estimate of drug-likeness (QED) is 0.489. The largest absolute Gasteiger partial charge is 0.469 e. The molecule has 0 fully saturated rings. The molecule has 86 valence electrons. The lowest BCUT2D eigenvalue weighted by Crippen LogP contribution is -2.06. The number of ether oxygens (including phenoxy) is 1. The minimum Gasteiger partial charge on any atom is -0.469 e. The van der Waals surface area contributed by atoms with Crippen molar-refractivity contribution in [1.29, 1.82) is 0 Å². The summed E-state index contributed by atoms with van der Waals surface area (Å²) in [7, 11) is 1.24. The van der Waals surface area contributed by atoms with Crippen LogP contribution in [-0.2, 0) is 16.0 Å². The van der Waals surface area contributed by atoms with Crippen LogP contribution in [-0.4, -0.2) is 18.0 Å². The number of rotatable bonds is 3. The lowest BCUT2D eigenvalue weighted by molar-refractivity contribution is -0.384. The Balaban J connectivity index is 3.21. The van der Waals surface area contributed by atoms with Gasteiger partial charge in [-0.2, -0.15) is 0 Å². The van der Waals surface area contributed by atoms with E-state index in [1.165, 1.54) is 19.2 Å². The number of carbonyl (C=O) groups excluding carboxylic acids is 1. The van der Waals surface area contributed by atoms with E-state index in [1.54, 1.807) is 0 Å². The van der Waals surface area contributed by atoms with Gasteiger partial charge in [0.1, 0.15) is 5.02 Å². The number of nitrogens with zero attached hydrogens (tertiary/aromatic N) is 1. The van der Waals surface area contributed by atoms with E-state index in [1.807, 2.05) is 0 Å². The maximum Gasteiger partial charge on any atom is 0.310 e. The molecule has 16 heavy (non-hydrogen) atoms. The SMILES string of the molecule is COC(=O)Cc1c(Br)ccc([N+](=O)[O-])c1Cl. The fourth-order valence-corrected chi connectivity index (χ4v) is 1.99. The highest BCUT2D eigenvalue weighted by Gasteiger charge is 2.20. The normalized spacial score (nSPS) is 9.94. The summed E-state index contributed by atoms with van der Waals surface area (Å²) in [5, 5.41) is 10.6. The highest BCUT2D eigenvalue weighted by Crippen LogP contribution is 2.33. The van der Waals surface area contributed by atoms with E-state index >= 15 is 0 Å². The van der Waals surface area contributed by atoms with Crippen molar-refractivity contribution in [2.45, 2.75) is 6.42 Å². The first kappa shape index (κ1) is 12.9. The second kappa shape index (κ2) is 5.27. The molecule has 0 unspecified atom stereocenters. The van der Waals surface area contributed by atoms with Crippen LogP contribution in [0.15, 0.2) is 16.6 Å². The minimum atomic E-state index is -0.602. The van der Waals surface area contributed by atoms with Gasteiger partial charge in [0.05, 0.1) is 18.5 Å². The van der Waals surface area contributed by atoms with E-state index in [4.69, 9.17) is 11.6 Å². The summed E-state index contributed by atoms with van der Waals surface area (Å²) in [4.78, 5) is 21.1. The van der Waals surface area contributed by atoms with E-state index in [0.717, 1.165) is 0 Å². The molecule has 5 nitrogen and oxygen atoms in total. The van der Waals surface area contributed by atoms with Gasteiger partial charge in [-0.3, -0.25) is 14.9 Å². The summed E-state index contributed by atoms with van der Waals surface area (Å²) in [6, 6.07) is 2.75. The highest BCUT2D eigenvalue weighted by atomic mass is 79.9. The molecule has 0 aromatic heterocycles. The van der Waals surface area contributed by atoms with Gasteiger partial charge >= 0.3 is 5.97 Å². The van der Waals surface area contributed by atoms with Gasteiger partial charge in [0, 0.05) is 16.1 Å². The molecule has 0 aliphatic rings. The van der Waals surface area contributed by atoms with Crippen LogP contribution >= 0.6 is 27.5 Å². The van der Waals surface area contributed by atoms with Crippen LogP contribution < -0.4 is 0 Å². The second-order valence-electron chi connectivity index (χ2n) is 2.87. The first-order valence-corrected chi connectivity index (χ1v) is 5.32. The van der Waals surface area contributed by atoms with Gasteiger partial charge in [-0.05, 0) is 6.07 Å². The van der Waals surface area contributed by atoms with Crippen molar-refractivity contribution < 1.29 is 14.5 Å². The molecule has 0 spiro atoms. The number of methoxy groups -OCH3 is 1. The van der Waals surface area contributed by atoms with Gasteiger partial charge in [0.2, 0.25) is 0 Å². The molecule has 0 heterocycles. The van der Waals surface area contributed by atoms with Gasteiger partial charge in [-0.1, -0.05) is 27.5 Å². The van der Waals surface area contributed by atoms with Crippen LogP contribution in [0.25, 0.3) is 0 Å². The summed E-state index contributed by atoms with van der Waals surface area (Å²) >= 11 is 9.00. The fourth-order valence-electron chi connectivity index (χ4n) is 1.10. The molecule has 1 aromatic carbocycles. The van der Waals surface area contributed by atoms with Crippen molar-refractivity contribution in [1.82, 2.24) is 0 Å². The number of nitro groups is 1. The van der Waals surface area contributed by atoms with Gasteiger partial charge in [0.15, 0.2) is 0 Å². The van der Waals surface area contributed by atoms with Crippen molar-refractivity contribution in [3.05, 3.63) is 37.3 Å². The predicted octanol–water partition coefficient (Wildman–Crippen LogP) is 2.73. The Labute approximate surface area is 105 Å². The first-order valence-electron chi connectivity index (χ1n) is 4.15. The molecule has 0 saturated carbocycles. The molecule has 7 heteroatoms. The van der Waals surface area contributed by atoms with Crippen LogP contribution in [0, 0.1) is 10.1 Å². The molecular formula is C9H7BrClNO4. The van der Waals surface area contributed by atoms with Crippen molar-refractivity contribution in [3.8, 4) is 0 Å².